The van der Waals surface area contributed by atoms with Crippen molar-refractivity contribution >= 4 is 26.9 Å². The summed E-state index contributed by atoms with van der Waals surface area (Å²) in [7, 11) is -3.81. The van der Waals surface area contributed by atoms with E-state index in [-0.39, 0.29) is 21.2 Å². The van der Waals surface area contributed by atoms with Gasteiger partial charge in [0.2, 0.25) is 9.84 Å². The molecule has 0 amide bonds. The molecule has 0 bridgehead atoms. The molecule has 2 aromatic rings. The number of benzene rings is 2. The molecule has 130 valence electrons. The van der Waals surface area contributed by atoms with Crippen LogP contribution in [0, 0.1) is 23.7 Å². The number of sulfone groups is 1. The molecule has 0 radical (unpaired) electrons. The lowest BCUT2D eigenvalue weighted by Gasteiger charge is -2.32. The standard InChI is InChI=1S/C20H17N3O2S/c1-12-6-8-13(9-7-12)26(24,25)17-11-10-16-18(20(17)22)19(21)14-4-2-3-5-15(14)23-16/h2-11,18,21-23H,1H3. The molecule has 1 aliphatic heterocycles. The minimum Gasteiger partial charge on any atom is -0.357 e. The van der Waals surface area contributed by atoms with Gasteiger partial charge in [0.25, 0.3) is 0 Å². The Morgan fingerprint density at radius 3 is 2.35 bits per heavy atom. The van der Waals surface area contributed by atoms with Crippen LogP contribution in [0.2, 0.25) is 0 Å². The van der Waals surface area contributed by atoms with E-state index in [1.165, 1.54) is 6.08 Å². The van der Waals surface area contributed by atoms with Crippen molar-refractivity contribution < 1.29 is 8.42 Å². The van der Waals surface area contributed by atoms with Crippen LogP contribution in [0.1, 0.15) is 11.1 Å². The van der Waals surface area contributed by atoms with Crippen LogP contribution in [0.15, 0.2) is 76.2 Å². The highest BCUT2D eigenvalue weighted by atomic mass is 32.2. The van der Waals surface area contributed by atoms with E-state index < -0.39 is 15.8 Å². The topological polar surface area (TPSA) is 93.9 Å². The van der Waals surface area contributed by atoms with Gasteiger partial charge in [0.15, 0.2) is 0 Å². The first kappa shape index (κ1) is 16.5. The molecule has 2 aromatic carbocycles. The summed E-state index contributed by atoms with van der Waals surface area (Å²) >= 11 is 0. The molecular formula is C20H17N3O2S. The Kier molecular flexibility index (Phi) is 3.66. The van der Waals surface area contributed by atoms with Crippen LogP contribution in [0.3, 0.4) is 0 Å². The van der Waals surface area contributed by atoms with Gasteiger partial charge in [-0.15, -0.1) is 0 Å². The smallest absolute Gasteiger partial charge is 0.208 e. The fourth-order valence-corrected chi connectivity index (χ4v) is 4.68. The maximum absolute atomic E-state index is 13.0. The Hall–Kier alpha value is -2.99. The van der Waals surface area contributed by atoms with Crippen LogP contribution < -0.4 is 5.32 Å². The molecule has 2 aliphatic rings. The maximum Gasteiger partial charge on any atom is 0.208 e. The number of hydrogen-bond donors (Lipinski definition) is 3. The molecular weight excluding hydrogens is 346 g/mol. The van der Waals surface area contributed by atoms with E-state index in [1.54, 1.807) is 36.4 Å². The van der Waals surface area contributed by atoms with Gasteiger partial charge in [-0.1, -0.05) is 35.9 Å². The van der Waals surface area contributed by atoms with Crippen molar-refractivity contribution in [3.8, 4) is 0 Å². The van der Waals surface area contributed by atoms with Gasteiger partial charge in [0.05, 0.1) is 27.1 Å². The van der Waals surface area contributed by atoms with Crippen LogP contribution in [0.25, 0.3) is 0 Å². The zero-order chi connectivity index (χ0) is 18.5. The number of anilines is 1. The van der Waals surface area contributed by atoms with Crippen LogP contribution in [0.4, 0.5) is 5.69 Å². The summed E-state index contributed by atoms with van der Waals surface area (Å²) in [5, 5.41) is 20.2. The third-order valence-electron chi connectivity index (χ3n) is 4.69. The van der Waals surface area contributed by atoms with Crippen molar-refractivity contribution in [2.45, 2.75) is 11.8 Å². The van der Waals surface area contributed by atoms with Crippen LogP contribution in [0.5, 0.6) is 0 Å². The SMILES string of the molecule is Cc1ccc(S(=O)(=O)C2=CC=C3Nc4ccccc4C(=N)C3C2=N)cc1. The monoisotopic (exact) mass is 363 g/mol. The molecule has 0 aromatic heterocycles. The van der Waals surface area contributed by atoms with Crippen LogP contribution in [-0.2, 0) is 9.84 Å². The van der Waals surface area contributed by atoms with Gasteiger partial charge in [-0.05, 0) is 37.3 Å². The number of rotatable bonds is 2. The van der Waals surface area contributed by atoms with Gasteiger partial charge in [-0.2, -0.15) is 0 Å². The van der Waals surface area contributed by atoms with Crippen molar-refractivity contribution in [2.75, 3.05) is 5.32 Å². The maximum atomic E-state index is 13.0. The van der Waals surface area contributed by atoms with Gasteiger partial charge < -0.3 is 16.1 Å². The Morgan fingerprint density at radius 1 is 0.923 bits per heavy atom. The molecule has 1 heterocycles. The number of aryl methyl sites for hydroxylation is 1. The number of hydrogen-bond acceptors (Lipinski definition) is 5. The Bertz CT molecular complexity index is 1110. The number of para-hydroxylation sites is 1. The zero-order valence-electron chi connectivity index (χ0n) is 14.1. The summed E-state index contributed by atoms with van der Waals surface area (Å²) in [6, 6.07) is 14.0. The summed E-state index contributed by atoms with van der Waals surface area (Å²) in [4.78, 5) is 0.104. The van der Waals surface area contributed by atoms with Crippen molar-refractivity contribution in [3.63, 3.8) is 0 Å². The van der Waals surface area contributed by atoms with Gasteiger partial charge in [0, 0.05) is 16.9 Å². The Morgan fingerprint density at radius 2 is 1.62 bits per heavy atom. The van der Waals surface area contributed by atoms with E-state index in [9.17, 15) is 8.42 Å². The molecule has 0 saturated heterocycles. The first-order valence-corrected chi connectivity index (χ1v) is 9.65. The highest BCUT2D eigenvalue weighted by Crippen LogP contribution is 2.37. The second-order valence-corrected chi connectivity index (χ2v) is 8.32. The summed E-state index contributed by atoms with van der Waals surface area (Å²) in [5.74, 6) is -0.704. The van der Waals surface area contributed by atoms with Crippen LogP contribution >= 0.6 is 0 Å². The van der Waals surface area contributed by atoms with E-state index in [0.717, 1.165) is 11.3 Å². The van der Waals surface area contributed by atoms with Gasteiger partial charge in [-0.25, -0.2) is 8.42 Å². The fourth-order valence-electron chi connectivity index (χ4n) is 3.28. The molecule has 1 aliphatic carbocycles. The summed E-state index contributed by atoms with van der Waals surface area (Å²) < 4.78 is 26.0. The molecule has 5 nitrogen and oxygen atoms in total. The highest BCUT2D eigenvalue weighted by Gasteiger charge is 2.38. The highest BCUT2D eigenvalue weighted by molar-refractivity contribution is 7.96. The van der Waals surface area contributed by atoms with Gasteiger partial charge >= 0.3 is 0 Å². The predicted molar refractivity (Wildman–Crippen MR) is 103 cm³/mol. The molecule has 26 heavy (non-hydrogen) atoms. The largest absolute Gasteiger partial charge is 0.357 e. The molecule has 4 rings (SSSR count). The van der Waals surface area contributed by atoms with Crippen molar-refractivity contribution in [3.05, 3.63) is 82.4 Å². The lowest BCUT2D eigenvalue weighted by Crippen LogP contribution is -2.37. The predicted octanol–water partition coefficient (Wildman–Crippen LogP) is 3.68. The first-order chi connectivity index (χ1) is 12.4. The Balaban J connectivity index is 1.79. The minimum absolute atomic E-state index is 0.0546. The minimum atomic E-state index is -3.81. The second-order valence-electron chi connectivity index (χ2n) is 6.40. The van der Waals surface area contributed by atoms with Crippen molar-refractivity contribution in [2.24, 2.45) is 5.92 Å². The number of allylic oxidation sites excluding steroid dienone is 4. The van der Waals surface area contributed by atoms with Crippen LogP contribution in [-0.4, -0.2) is 19.8 Å². The van der Waals surface area contributed by atoms with E-state index in [0.29, 0.717) is 11.3 Å². The van der Waals surface area contributed by atoms with E-state index in [4.69, 9.17) is 10.8 Å². The number of nitrogens with one attached hydrogen (secondary N) is 3. The zero-order valence-corrected chi connectivity index (χ0v) is 14.9. The van der Waals surface area contributed by atoms with E-state index in [2.05, 4.69) is 5.32 Å². The molecule has 1 atom stereocenters. The van der Waals surface area contributed by atoms with E-state index >= 15 is 0 Å². The molecule has 6 heteroatoms. The van der Waals surface area contributed by atoms with Crippen molar-refractivity contribution in [1.29, 1.82) is 10.8 Å². The number of fused-ring (bicyclic) bond motifs is 2. The van der Waals surface area contributed by atoms with Gasteiger partial charge in [-0.3, -0.25) is 0 Å². The molecule has 0 spiro atoms. The quantitative estimate of drug-likeness (QED) is 0.760. The lowest BCUT2D eigenvalue weighted by molar-refractivity contribution is 0.603. The van der Waals surface area contributed by atoms with Crippen molar-refractivity contribution in [1.82, 2.24) is 0 Å². The molecule has 0 fully saturated rings. The Labute approximate surface area is 152 Å². The average molecular weight is 363 g/mol. The summed E-state index contributed by atoms with van der Waals surface area (Å²) in [6.45, 7) is 1.89. The third kappa shape index (κ3) is 2.42. The molecule has 0 saturated carbocycles. The second kappa shape index (κ2) is 5.78. The fraction of sp³-hybridized carbons (Fsp3) is 0.100. The molecule has 1 unspecified atom stereocenters. The van der Waals surface area contributed by atoms with Gasteiger partial charge in [0.1, 0.15) is 0 Å². The third-order valence-corrected chi connectivity index (χ3v) is 6.51. The normalized spacial score (nSPS) is 19.0. The summed E-state index contributed by atoms with van der Waals surface area (Å²) in [6.07, 6.45) is 3.12. The first-order valence-electron chi connectivity index (χ1n) is 8.17. The van der Waals surface area contributed by atoms with E-state index in [1.807, 2.05) is 25.1 Å². The lowest BCUT2D eigenvalue weighted by atomic mass is 9.83. The average Bonchev–Trinajstić information content (AvgIpc) is 2.62. The molecule has 3 N–H and O–H groups in total. The summed E-state index contributed by atoms with van der Waals surface area (Å²) in [5.41, 5.74) is 3.27.